The zero-order valence-electron chi connectivity index (χ0n) is 4.21. The zero-order valence-corrected chi connectivity index (χ0v) is 9.77. The van der Waals surface area contributed by atoms with Crippen LogP contribution in [0.25, 0.3) is 11.8 Å². The fourth-order valence-corrected chi connectivity index (χ4v) is 0. The quantitative estimate of drug-likeness (QED) is 0.328. The van der Waals surface area contributed by atoms with Crippen molar-refractivity contribution in [1.29, 1.82) is 0 Å². The molecule has 7 heavy (non-hydrogen) atoms. The zero-order chi connectivity index (χ0) is 5.41. The van der Waals surface area contributed by atoms with Gasteiger partial charge in [-0.25, -0.2) is 0 Å². The van der Waals surface area contributed by atoms with Crippen LogP contribution in [0.15, 0.2) is 0 Å². The van der Waals surface area contributed by atoms with E-state index in [1.165, 1.54) is 0 Å². The maximum Gasteiger partial charge on any atom is 4.00 e. The molecule has 0 aliphatic carbocycles. The molecule has 0 bridgehead atoms. The molecule has 36 valence electrons. The molecular formula is H4Al2N2O2Ti. The van der Waals surface area contributed by atoms with Crippen molar-refractivity contribution in [3.63, 3.8) is 0 Å². The summed E-state index contributed by atoms with van der Waals surface area (Å²) in [5, 5.41) is 0. The molecule has 0 N–H and O–H groups in total. The van der Waals surface area contributed by atoms with E-state index in [9.17, 15) is 0 Å². The Balaban J connectivity index is -0.0000000400. The predicted molar refractivity (Wildman–Crippen MR) is 26.0 cm³/mol. The SMILES string of the molecule is [N-2][O][AlH2].[N-2][O][AlH2].[Ti+4]. The normalized spacial score (nSPS) is 4.86. The Morgan fingerprint density at radius 2 is 1.00 bits per heavy atom. The van der Waals surface area contributed by atoms with E-state index in [0.717, 1.165) is 0 Å². The van der Waals surface area contributed by atoms with E-state index < -0.39 is 0 Å². The van der Waals surface area contributed by atoms with E-state index in [1.54, 1.807) is 0 Å². The van der Waals surface area contributed by atoms with E-state index in [2.05, 4.69) is 7.78 Å². The van der Waals surface area contributed by atoms with Gasteiger partial charge in [-0.3, -0.25) is 0 Å². The Labute approximate surface area is 74.2 Å². The molecule has 4 nitrogen and oxygen atoms in total. The Morgan fingerprint density at radius 1 is 1.00 bits per heavy atom. The molecule has 0 rings (SSSR count). The van der Waals surface area contributed by atoms with Crippen molar-refractivity contribution in [3.8, 4) is 0 Å². The smallest absolute Gasteiger partial charge is 1.46 e. The fraction of sp³-hybridized carbons (Fsp3) is 0. The van der Waals surface area contributed by atoms with Crippen LogP contribution in [0.3, 0.4) is 0 Å². The summed E-state index contributed by atoms with van der Waals surface area (Å²) in [6.07, 6.45) is 0. The first kappa shape index (κ1) is 15.8. The second-order valence-corrected chi connectivity index (χ2v) is 1.10. The summed E-state index contributed by atoms with van der Waals surface area (Å²) in [4.78, 5) is 0. The number of hydrogen-bond donors (Lipinski definition) is 0. The van der Waals surface area contributed by atoms with Gasteiger partial charge in [0.1, 0.15) is 0 Å². The van der Waals surface area contributed by atoms with E-state index in [-0.39, 0.29) is 21.7 Å². The van der Waals surface area contributed by atoms with Crippen LogP contribution in [0.4, 0.5) is 0 Å². The van der Waals surface area contributed by atoms with Gasteiger partial charge in [-0.2, -0.15) is 0 Å². The summed E-state index contributed by atoms with van der Waals surface area (Å²) in [5.74, 6) is 14.3. The standard InChI is InChI=1S/2Al.2NO.Ti.4H/c;;2*1-2;;;;;/q2*+1;2*-3;+4;;;;. The second-order valence-electron chi connectivity index (χ2n) is 0.365. The second kappa shape index (κ2) is 25.5. The van der Waals surface area contributed by atoms with Gasteiger partial charge in [0, 0.05) is 0 Å². The van der Waals surface area contributed by atoms with Gasteiger partial charge >= 0.3 is 55.0 Å². The van der Waals surface area contributed by atoms with E-state index >= 15 is 0 Å². The average Bonchev–Trinajstić information content (AvgIpc) is 1.39. The van der Waals surface area contributed by atoms with E-state index in [0.29, 0.717) is 33.2 Å². The molecule has 0 amide bonds. The van der Waals surface area contributed by atoms with E-state index in [1.807, 2.05) is 0 Å². The molecule has 0 saturated carbocycles. The molecule has 0 aromatic carbocycles. The minimum Gasteiger partial charge on any atom is -1.46 e. The fourth-order valence-electron chi connectivity index (χ4n) is 0. The average molecular weight is 166 g/mol. The van der Waals surface area contributed by atoms with Crippen LogP contribution in [0.1, 0.15) is 0 Å². The largest absolute Gasteiger partial charge is 4.00 e. The summed E-state index contributed by atoms with van der Waals surface area (Å²) < 4.78 is 6.78. The Morgan fingerprint density at radius 3 is 1.00 bits per heavy atom. The van der Waals surface area contributed by atoms with Gasteiger partial charge in [0.25, 0.3) is 0 Å². The monoisotopic (exact) mass is 166 g/mol. The molecule has 0 aromatic heterocycles. The third-order valence-electron chi connectivity index (χ3n) is 0. The van der Waals surface area contributed by atoms with Gasteiger partial charge < -0.3 is 19.6 Å². The van der Waals surface area contributed by atoms with E-state index in [4.69, 9.17) is 11.8 Å². The molecule has 0 heterocycles. The molecule has 0 unspecified atom stereocenters. The first-order valence-electron chi connectivity index (χ1n) is 1.18. The molecule has 7 heteroatoms. The predicted octanol–water partition coefficient (Wildman–Crippen LogP) is -1.39. The number of nitrogens with zero attached hydrogens (tertiary/aromatic N) is 2. The van der Waals surface area contributed by atoms with Crippen LogP contribution in [-0.4, -0.2) is 33.2 Å². The molecule has 0 radical (unpaired) electrons. The van der Waals surface area contributed by atoms with Gasteiger partial charge in [0.15, 0.2) is 0 Å². The van der Waals surface area contributed by atoms with Crippen LogP contribution in [-0.2, 0) is 29.5 Å². The van der Waals surface area contributed by atoms with Gasteiger partial charge in [-0.15, -0.1) is 0 Å². The molecule has 0 aliphatic rings. The maximum atomic E-state index is 7.13. The minimum atomic E-state index is 0. The van der Waals surface area contributed by atoms with Crippen molar-refractivity contribution in [2.45, 2.75) is 0 Å². The van der Waals surface area contributed by atoms with Crippen molar-refractivity contribution >= 4 is 33.2 Å². The minimum absolute atomic E-state index is 0. The Hall–Kier alpha value is 1.62. The molecule has 0 saturated heterocycles. The number of hydrogen-bond acceptors (Lipinski definition) is 2. The van der Waals surface area contributed by atoms with Crippen LogP contribution >= 0.6 is 0 Å². The third-order valence-corrected chi connectivity index (χ3v) is 0. The molecule has 0 aromatic rings. The Kier molecular flexibility index (Phi) is 57.7. The molecule has 0 spiro atoms. The summed E-state index contributed by atoms with van der Waals surface area (Å²) in [5.41, 5.74) is 0. The molecule has 0 aliphatic heterocycles. The van der Waals surface area contributed by atoms with Crippen molar-refractivity contribution in [3.05, 3.63) is 11.8 Å². The van der Waals surface area contributed by atoms with Gasteiger partial charge in [0.2, 0.25) is 0 Å². The van der Waals surface area contributed by atoms with Crippen LogP contribution in [0.2, 0.25) is 0 Å². The maximum absolute atomic E-state index is 7.13. The first-order valence-corrected chi connectivity index (χ1v) is 2.81. The third kappa shape index (κ3) is 91.8. The van der Waals surface area contributed by atoms with Crippen LogP contribution in [0.5, 0.6) is 0 Å². The molecule has 0 atom stereocenters. The van der Waals surface area contributed by atoms with Crippen molar-refractivity contribution in [2.75, 3.05) is 0 Å². The van der Waals surface area contributed by atoms with Crippen molar-refractivity contribution in [1.82, 2.24) is 0 Å². The van der Waals surface area contributed by atoms with Gasteiger partial charge in [-0.1, -0.05) is 0 Å². The summed E-state index contributed by atoms with van der Waals surface area (Å²) in [6, 6.07) is 0. The van der Waals surface area contributed by atoms with Crippen LogP contribution in [0, 0.1) is 0 Å². The van der Waals surface area contributed by atoms with Gasteiger partial charge in [-0.05, 0) is 0 Å². The summed E-state index contributed by atoms with van der Waals surface area (Å²) in [7, 11) is 0. The topological polar surface area (TPSA) is 63.1 Å². The van der Waals surface area contributed by atoms with Crippen molar-refractivity contribution in [2.24, 2.45) is 0 Å². The molecular weight excluding hydrogens is 162 g/mol. The Bertz CT molecular complexity index is 15.7. The van der Waals surface area contributed by atoms with Crippen molar-refractivity contribution < 1.29 is 29.5 Å². The number of rotatable bonds is 0. The first-order chi connectivity index (χ1) is 2.83. The molecule has 0 fully saturated rings. The van der Waals surface area contributed by atoms with Crippen LogP contribution < -0.4 is 0 Å². The van der Waals surface area contributed by atoms with Gasteiger partial charge in [0.05, 0.1) is 0 Å². The summed E-state index contributed by atoms with van der Waals surface area (Å²) in [6.45, 7) is 0. The summed E-state index contributed by atoms with van der Waals surface area (Å²) >= 11 is 0.849.